The Balaban J connectivity index is 2.37. The number of benzene rings is 2. The van der Waals surface area contributed by atoms with Crippen LogP contribution in [-0.4, -0.2) is 176 Å². The molecule has 0 unspecified atom stereocenters. The van der Waals surface area contributed by atoms with Crippen molar-refractivity contribution in [2.45, 2.75) is 147 Å². The van der Waals surface area contributed by atoms with Gasteiger partial charge in [0.05, 0.1) is 25.2 Å². The summed E-state index contributed by atoms with van der Waals surface area (Å²) in [6.07, 6.45) is -4.50. The Kier molecular flexibility index (Phi) is 27.6. The van der Waals surface area contributed by atoms with Crippen molar-refractivity contribution in [1.29, 1.82) is 0 Å². The number of aliphatic imine (C=N–C) groups is 1. The molecule has 0 saturated carbocycles. The molecule has 0 heterocycles. The Hall–Kier alpha value is -7.95. The number of guanidine groups is 1. The Bertz CT molecular complexity index is 2390. The minimum Gasteiger partial charge on any atom is -0.508 e. The number of carboxylic acid groups (broad SMARTS) is 2. The van der Waals surface area contributed by atoms with Gasteiger partial charge in [-0.2, -0.15) is 0 Å². The van der Waals surface area contributed by atoms with Crippen LogP contribution in [0.15, 0.2) is 59.6 Å². The van der Waals surface area contributed by atoms with Gasteiger partial charge in [-0.1, -0.05) is 70.2 Å². The number of nitrogens with two attached hydrogens (primary N) is 3. The molecule has 0 spiro atoms. The zero-order valence-corrected chi connectivity index (χ0v) is 44.3. The standard InChI is InChI=1S/C50H76N12O16/c1-24(2)19-32(42(70)58-34(22-37(67)68)44(72)59-35(49(77)78)21-29-14-16-30(66)17-15-29)56-43(71)33(20-28-11-8-7-9-12-28)57-45(73)36(23-63)60-48(76)40(27(6)65)62-47(75)39(25(3)4)61-41(69)31(13-10-18-54-50(52)53)55-46(74)38(51)26(5)64/h7-9,11-12,14-17,24-27,31-36,38-40,63-66H,10,13,18-23,51H2,1-6H3,(H,55,74)(H,56,71)(H,57,73)(H,58,70)(H,59,72)(H,60,76)(H,61,69)(H,62,75)(H,67,68)(H,77,78)(H4,52,53,54)/t26-,27-,31+,32+,33+,34+,35+,36+,38+,39+,40+/m1/s1. The van der Waals surface area contributed by atoms with Gasteiger partial charge in [0.25, 0.3) is 0 Å². The number of aliphatic carboxylic acids is 2. The third-order valence-corrected chi connectivity index (χ3v) is 11.8. The summed E-state index contributed by atoms with van der Waals surface area (Å²) in [4.78, 5) is 137. The fourth-order valence-corrected chi connectivity index (χ4v) is 7.46. The number of phenolic OH excluding ortho intramolecular Hbond substituents is 1. The van der Waals surface area contributed by atoms with E-state index in [0.29, 0.717) is 11.1 Å². The van der Waals surface area contributed by atoms with E-state index >= 15 is 0 Å². The average molecular weight is 1100 g/mol. The Morgan fingerprint density at radius 2 is 1.00 bits per heavy atom. The van der Waals surface area contributed by atoms with Crippen LogP contribution in [0.25, 0.3) is 0 Å². The number of carbonyl (C=O) groups excluding carboxylic acids is 8. The molecule has 0 aliphatic rings. The van der Waals surface area contributed by atoms with E-state index in [1.54, 1.807) is 58.0 Å². The average Bonchev–Trinajstić information content (AvgIpc) is 3.36. The second-order valence-corrected chi connectivity index (χ2v) is 19.3. The van der Waals surface area contributed by atoms with Gasteiger partial charge in [-0.3, -0.25) is 48.1 Å². The van der Waals surface area contributed by atoms with E-state index in [9.17, 15) is 78.6 Å². The fourth-order valence-electron chi connectivity index (χ4n) is 7.46. The number of carboxylic acids is 2. The number of nitrogens with zero attached hydrogens (tertiary/aromatic N) is 1. The van der Waals surface area contributed by atoms with Gasteiger partial charge in [0.15, 0.2) is 5.96 Å². The topological polar surface area (TPSA) is 479 Å². The van der Waals surface area contributed by atoms with Crippen LogP contribution >= 0.6 is 0 Å². The van der Waals surface area contributed by atoms with Crippen molar-refractivity contribution in [3.8, 4) is 5.75 Å². The Morgan fingerprint density at radius 1 is 0.538 bits per heavy atom. The van der Waals surface area contributed by atoms with E-state index in [2.05, 4.69) is 47.5 Å². The molecule has 0 fully saturated rings. The minimum atomic E-state index is -1.85. The molecule has 432 valence electrons. The largest absolute Gasteiger partial charge is 0.508 e. The van der Waals surface area contributed by atoms with Gasteiger partial charge >= 0.3 is 11.9 Å². The van der Waals surface area contributed by atoms with Gasteiger partial charge in [0.2, 0.25) is 47.3 Å². The third-order valence-electron chi connectivity index (χ3n) is 11.8. The summed E-state index contributed by atoms with van der Waals surface area (Å²) < 4.78 is 0. The fraction of sp³-hybridized carbons (Fsp3) is 0.540. The van der Waals surface area contributed by atoms with Gasteiger partial charge in [0.1, 0.15) is 60.1 Å². The lowest BCUT2D eigenvalue weighted by molar-refractivity contribution is -0.143. The van der Waals surface area contributed by atoms with Crippen molar-refractivity contribution in [1.82, 2.24) is 42.5 Å². The molecule has 0 aromatic heterocycles. The first kappa shape index (κ1) is 66.2. The van der Waals surface area contributed by atoms with Crippen LogP contribution < -0.4 is 59.7 Å². The summed E-state index contributed by atoms with van der Waals surface area (Å²) in [6.45, 7) is 7.81. The smallest absolute Gasteiger partial charge is 0.326 e. The summed E-state index contributed by atoms with van der Waals surface area (Å²) in [5, 5.41) is 79.1. The van der Waals surface area contributed by atoms with E-state index in [1.807, 2.05) is 0 Å². The van der Waals surface area contributed by atoms with Gasteiger partial charge < -0.3 is 90.4 Å². The number of aromatic hydroxyl groups is 1. The van der Waals surface area contributed by atoms with E-state index in [-0.39, 0.29) is 56.3 Å². The summed E-state index contributed by atoms with van der Waals surface area (Å²) in [6, 6.07) is -0.792. The van der Waals surface area contributed by atoms with Crippen molar-refractivity contribution in [3.63, 3.8) is 0 Å². The predicted octanol–water partition coefficient (Wildman–Crippen LogP) is -4.55. The van der Waals surface area contributed by atoms with Gasteiger partial charge in [0, 0.05) is 19.4 Å². The maximum Gasteiger partial charge on any atom is 0.326 e. The Morgan fingerprint density at radius 3 is 1.53 bits per heavy atom. The van der Waals surface area contributed by atoms with Crippen LogP contribution in [0, 0.1) is 11.8 Å². The zero-order valence-electron chi connectivity index (χ0n) is 44.3. The lowest BCUT2D eigenvalue weighted by Crippen LogP contribution is -2.63. The molecular weight excluding hydrogens is 1020 g/mol. The SMILES string of the molecule is CC(C)C[C@H](NC(=O)[C@H](Cc1ccccc1)NC(=O)[C@H](CO)NC(=O)[C@@H](NC(=O)[C@@H](NC(=O)[C@H](CCCN=C(N)N)NC(=O)[C@@H](N)[C@@H](C)O)C(C)C)[C@@H](C)O)C(=O)N[C@@H](CC(=O)O)C(=O)N[C@@H](Cc1ccc(O)cc1)C(=O)O. The number of aliphatic hydroxyl groups excluding tert-OH is 3. The molecule has 0 saturated heterocycles. The van der Waals surface area contributed by atoms with E-state index in [1.165, 1.54) is 31.2 Å². The molecule has 0 bridgehead atoms. The maximum absolute atomic E-state index is 14.2. The van der Waals surface area contributed by atoms with Crippen LogP contribution in [0.5, 0.6) is 5.75 Å². The molecule has 2 rings (SSSR count). The van der Waals surface area contributed by atoms with E-state index in [4.69, 9.17) is 17.2 Å². The molecule has 8 amide bonds. The molecule has 28 nitrogen and oxygen atoms in total. The molecule has 2 aromatic carbocycles. The summed E-state index contributed by atoms with van der Waals surface area (Å²) >= 11 is 0. The first-order valence-electron chi connectivity index (χ1n) is 25.0. The number of carbonyl (C=O) groups is 10. The molecule has 0 aliphatic carbocycles. The van der Waals surface area contributed by atoms with Crippen LogP contribution in [0.2, 0.25) is 0 Å². The van der Waals surface area contributed by atoms with Crippen LogP contribution in [0.4, 0.5) is 0 Å². The van der Waals surface area contributed by atoms with Crippen molar-refractivity contribution in [2.75, 3.05) is 13.2 Å². The van der Waals surface area contributed by atoms with Crippen LogP contribution in [0.3, 0.4) is 0 Å². The molecular formula is C50H76N12O16. The molecule has 0 radical (unpaired) electrons. The van der Waals surface area contributed by atoms with Crippen molar-refractivity contribution in [3.05, 3.63) is 65.7 Å². The molecule has 20 N–H and O–H groups in total. The molecule has 11 atom stereocenters. The summed E-state index contributed by atoms with van der Waals surface area (Å²) in [7, 11) is 0. The van der Waals surface area contributed by atoms with Crippen molar-refractivity contribution in [2.24, 2.45) is 34.0 Å². The summed E-state index contributed by atoms with van der Waals surface area (Å²) in [5.74, 6) is -12.7. The number of nitrogens with one attached hydrogen (secondary N) is 8. The predicted molar refractivity (Wildman–Crippen MR) is 280 cm³/mol. The maximum atomic E-state index is 14.2. The first-order chi connectivity index (χ1) is 36.5. The molecule has 28 heteroatoms. The number of rotatable bonds is 33. The lowest BCUT2D eigenvalue weighted by Gasteiger charge is -2.29. The van der Waals surface area contributed by atoms with Gasteiger partial charge in [-0.15, -0.1) is 0 Å². The number of phenols is 1. The normalized spacial score (nSPS) is 15.4. The van der Waals surface area contributed by atoms with Gasteiger partial charge in [-0.25, -0.2) is 4.79 Å². The van der Waals surface area contributed by atoms with Gasteiger partial charge in [-0.05, 0) is 68.2 Å². The quantitative estimate of drug-likeness (QED) is 0.0182. The van der Waals surface area contributed by atoms with Crippen LogP contribution in [-0.2, 0) is 60.8 Å². The second-order valence-electron chi connectivity index (χ2n) is 19.3. The highest BCUT2D eigenvalue weighted by Crippen LogP contribution is 2.14. The third kappa shape index (κ3) is 23.1. The van der Waals surface area contributed by atoms with Crippen LogP contribution in [0.1, 0.15) is 78.4 Å². The highest BCUT2D eigenvalue weighted by atomic mass is 16.4. The molecule has 2 aromatic rings. The first-order valence-corrected chi connectivity index (χ1v) is 25.0. The minimum absolute atomic E-state index is 0.0573. The number of hydrogen-bond acceptors (Lipinski definition) is 16. The number of amides is 8. The second kappa shape index (κ2) is 32.6. The lowest BCUT2D eigenvalue weighted by atomic mass is 10.00. The highest BCUT2D eigenvalue weighted by Gasteiger charge is 2.37. The zero-order chi connectivity index (χ0) is 59.0. The van der Waals surface area contributed by atoms with Crippen molar-refractivity contribution < 1.29 is 78.6 Å². The Labute approximate surface area is 450 Å². The van der Waals surface area contributed by atoms with E-state index in [0.717, 1.165) is 6.92 Å². The monoisotopic (exact) mass is 1100 g/mol. The van der Waals surface area contributed by atoms with E-state index < -0.39 is 145 Å². The van der Waals surface area contributed by atoms with Crippen molar-refractivity contribution >= 4 is 65.2 Å². The highest BCUT2D eigenvalue weighted by molar-refractivity contribution is 5.99. The molecule has 0 aliphatic heterocycles. The summed E-state index contributed by atoms with van der Waals surface area (Å²) in [5.41, 5.74) is 17.4. The number of hydrogen-bond donors (Lipinski definition) is 17. The molecule has 78 heavy (non-hydrogen) atoms. The number of aliphatic hydroxyl groups is 3.